The van der Waals surface area contributed by atoms with Gasteiger partial charge in [0.15, 0.2) is 9.84 Å². The third kappa shape index (κ3) is 3.27. The van der Waals surface area contributed by atoms with Gasteiger partial charge in [-0.3, -0.25) is 0 Å². The molecule has 1 heterocycles. The maximum Gasteiger partial charge on any atom is 0.184 e. The molecule has 0 unspecified atom stereocenters. The van der Waals surface area contributed by atoms with Gasteiger partial charge in [-0.2, -0.15) is 0 Å². The fraction of sp³-hybridized carbons (Fsp3) is 0.294. The van der Waals surface area contributed by atoms with Gasteiger partial charge in [-0.25, -0.2) is 8.42 Å². The Morgan fingerprint density at radius 2 is 1.95 bits per heavy atom. The van der Waals surface area contributed by atoms with Gasteiger partial charge in [0.25, 0.3) is 0 Å². The lowest BCUT2D eigenvalue weighted by molar-refractivity contribution is 0.598. The van der Waals surface area contributed by atoms with E-state index >= 15 is 0 Å². The molecule has 1 aromatic carbocycles. The Bertz CT molecular complexity index is 810. The minimum Gasteiger partial charge on any atom is -0.342 e. The van der Waals surface area contributed by atoms with Crippen molar-refractivity contribution in [2.24, 2.45) is 0 Å². The monoisotopic (exact) mass is 303 g/mol. The van der Waals surface area contributed by atoms with E-state index in [4.69, 9.17) is 0 Å². The number of para-hydroxylation sites is 1. The highest BCUT2D eigenvalue weighted by Crippen LogP contribution is 2.27. The van der Waals surface area contributed by atoms with Crippen LogP contribution in [0.4, 0.5) is 0 Å². The lowest BCUT2D eigenvalue weighted by Gasteiger charge is -2.04. The number of aromatic nitrogens is 1. The Hall–Kier alpha value is -1.81. The molecule has 0 bridgehead atoms. The first-order chi connectivity index (χ1) is 9.85. The summed E-state index contributed by atoms with van der Waals surface area (Å²) in [5.41, 5.74) is 2.79. The molecule has 2 aromatic rings. The Kier molecular flexibility index (Phi) is 4.37. The van der Waals surface area contributed by atoms with Gasteiger partial charge in [0.1, 0.15) is 0 Å². The van der Waals surface area contributed by atoms with Crippen LogP contribution in [0.1, 0.15) is 20.8 Å². The molecule has 0 N–H and O–H groups in total. The predicted octanol–water partition coefficient (Wildman–Crippen LogP) is 3.96. The molecule has 3 nitrogen and oxygen atoms in total. The van der Waals surface area contributed by atoms with Gasteiger partial charge < -0.3 is 4.57 Å². The van der Waals surface area contributed by atoms with Crippen molar-refractivity contribution >= 4 is 20.7 Å². The number of rotatable bonds is 5. The van der Waals surface area contributed by atoms with Crippen LogP contribution in [0.25, 0.3) is 10.9 Å². The first-order valence-corrected chi connectivity index (χ1v) is 8.57. The number of fused-ring (bicyclic) bond motifs is 1. The Balaban J connectivity index is 2.63. The summed E-state index contributed by atoms with van der Waals surface area (Å²) in [7, 11) is -3.35. The molecular weight excluding hydrogens is 282 g/mol. The number of sulfone groups is 1. The van der Waals surface area contributed by atoms with Crippen molar-refractivity contribution in [2.75, 3.05) is 5.75 Å². The topological polar surface area (TPSA) is 39.1 Å². The van der Waals surface area contributed by atoms with Gasteiger partial charge in [0, 0.05) is 23.6 Å². The summed E-state index contributed by atoms with van der Waals surface area (Å²) in [5.74, 6) is -0.0103. The zero-order valence-electron chi connectivity index (χ0n) is 12.8. The largest absolute Gasteiger partial charge is 0.342 e. The quantitative estimate of drug-likeness (QED) is 0.784. The maximum atomic E-state index is 12.5. The molecule has 1 aromatic heterocycles. The summed E-state index contributed by atoms with van der Waals surface area (Å²) in [6.45, 7) is 10.2. The van der Waals surface area contributed by atoms with Crippen LogP contribution in [0, 0.1) is 0 Å². The second-order valence-electron chi connectivity index (χ2n) is 5.49. The Morgan fingerprint density at radius 1 is 1.29 bits per heavy atom. The second-order valence-corrected chi connectivity index (χ2v) is 7.45. The molecule has 0 radical (unpaired) electrons. The Labute approximate surface area is 126 Å². The molecule has 0 atom stereocenters. The van der Waals surface area contributed by atoms with Crippen molar-refractivity contribution in [3.8, 4) is 0 Å². The molecule has 0 spiro atoms. The molecule has 0 aliphatic carbocycles. The van der Waals surface area contributed by atoms with Crippen LogP contribution in [0.3, 0.4) is 0 Å². The van der Waals surface area contributed by atoms with Crippen LogP contribution in [0.2, 0.25) is 0 Å². The van der Waals surface area contributed by atoms with E-state index in [1.807, 2.05) is 48.8 Å². The van der Waals surface area contributed by atoms with Gasteiger partial charge in [-0.15, -0.1) is 0 Å². The van der Waals surface area contributed by atoms with Crippen molar-refractivity contribution in [3.05, 3.63) is 54.3 Å². The Morgan fingerprint density at radius 3 is 2.57 bits per heavy atom. The summed E-state index contributed by atoms with van der Waals surface area (Å²) in [6, 6.07) is 7.62. The van der Waals surface area contributed by atoms with Crippen LogP contribution in [-0.4, -0.2) is 18.7 Å². The highest BCUT2D eigenvalue weighted by Gasteiger charge is 2.21. The van der Waals surface area contributed by atoms with Gasteiger partial charge >= 0.3 is 0 Å². The number of hydrogen-bond acceptors (Lipinski definition) is 2. The van der Waals surface area contributed by atoms with Crippen molar-refractivity contribution < 1.29 is 8.42 Å². The summed E-state index contributed by atoms with van der Waals surface area (Å²) in [5, 5.41) is 0.780. The summed E-state index contributed by atoms with van der Waals surface area (Å²) in [4.78, 5) is 0.394. The maximum absolute atomic E-state index is 12.5. The minimum atomic E-state index is -3.35. The van der Waals surface area contributed by atoms with Crippen molar-refractivity contribution in [1.29, 1.82) is 0 Å². The first-order valence-electron chi connectivity index (χ1n) is 6.92. The summed E-state index contributed by atoms with van der Waals surface area (Å²) >= 11 is 0. The highest BCUT2D eigenvalue weighted by atomic mass is 32.2. The number of nitrogens with zero attached hydrogens (tertiary/aromatic N) is 1. The van der Waals surface area contributed by atoms with E-state index in [9.17, 15) is 8.42 Å². The number of benzene rings is 1. The molecule has 0 aliphatic heterocycles. The van der Waals surface area contributed by atoms with Crippen molar-refractivity contribution in [1.82, 2.24) is 4.57 Å². The van der Waals surface area contributed by atoms with Gasteiger partial charge in [-0.05, 0) is 26.8 Å². The zero-order valence-corrected chi connectivity index (χ0v) is 13.6. The van der Waals surface area contributed by atoms with Crippen molar-refractivity contribution in [3.63, 3.8) is 0 Å². The minimum absolute atomic E-state index is 0.0103. The fourth-order valence-electron chi connectivity index (χ4n) is 2.35. The van der Waals surface area contributed by atoms with Crippen LogP contribution < -0.4 is 0 Å². The SMILES string of the molecule is C=C(C)CS(=O)(=O)c1cn(CC(C)=CC)c2ccccc12. The normalized spacial score (nSPS) is 12.8. The summed E-state index contributed by atoms with van der Waals surface area (Å²) < 4.78 is 27.1. The van der Waals surface area contributed by atoms with E-state index in [1.165, 1.54) is 5.57 Å². The van der Waals surface area contributed by atoms with Crippen LogP contribution in [0.15, 0.2) is 59.2 Å². The lowest BCUT2D eigenvalue weighted by Crippen LogP contribution is -2.07. The molecule has 0 aliphatic rings. The standard InChI is InChI=1S/C17H21NO2S/c1-5-14(4)10-18-11-17(21(19,20)12-13(2)3)15-8-6-7-9-16(15)18/h5-9,11H,2,10,12H2,1,3-4H3. The van der Waals surface area contributed by atoms with E-state index < -0.39 is 9.84 Å². The number of allylic oxidation sites excluding steroid dienone is 2. The molecule has 0 amide bonds. The van der Waals surface area contributed by atoms with E-state index in [0.717, 1.165) is 10.9 Å². The molecule has 21 heavy (non-hydrogen) atoms. The molecule has 2 rings (SSSR count). The number of hydrogen-bond donors (Lipinski definition) is 0. The van der Waals surface area contributed by atoms with Gasteiger partial charge in [-0.1, -0.05) is 42.0 Å². The average molecular weight is 303 g/mol. The first kappa shape index (κ1) is 15.6. The van der Waals surface area contributed by atoms with E-state index in [2.05, 4.69) is 6.58 Å². The highest BCUT2D eigenvalue weighted by molar-refractivity contribution is 7.91. The van der Waals surface area contributed by atoms with Crippen LogP contribution in [-0.2, 0) is 16.4 Å². The lowest BCUT2D eigenvalue weighted by atomic mass is 10.2. The van der Waals surface area contributed by atoms with Gasteiger partial charge in [0.05, 0.1) is 10.6 Å². The van der Waals surface area contributed by atoms with E-state index in [0.29, 0.717) is 17.0 Å². The van der Waals surface area contributed by atoms with Crippen LogP contribution in [0.5, 0.6) is 0 Å². The molecule has 112 valence electrons. The smallest absolute Gasteiger partial charge is 0.184 e. The molecule has 0 fully saturated rings. The van der Waals surface area contributed by atoms with E-state index in [-0.39, 0.29) is 5.75 Å². The third-order valence-electron chi connectivity index (χ3n) is 3.44. The molecule has 0 saturated heterocycles. The molecule has 0 saturated carbocycles. The third-order valence-corrected chi connectivity index (χ3v) is 5.30. The predicted molar refractivity (Wildman–Crippen MR) is 88.2 cm³/mol. The van der Waals surface area contributed by atoms with Gasteiger partial charge in [0.2, 0.25) is 0 Å². The van der Waals surface area contributed by atoms with Crippen LogP contribution >= 0.6 is 0 Å². The van der Waals surface area contributed by atoms with E-state index in [1.54, 1.807) is 13.1 Å². The van der Waals surface area contributed by atoms with Crippen molar-refractivity contribution in [2.45, 2.75) is 32.2 Å². The summed E-state index contributed by atoms with van der Waals surface area (Å²) in [6.07, 6.45) is 3.78. The second kappa shape index (κ2) is 5.90. The zero-order chi connectivity index (χ0) is 15.6. The fourth-order valence-corrected chi connectivity index (χ4v) is 3.95. The average Bonchev–Trinajstić information content (AvgIpc) is 2.77. The molecular formula is C17H21NO2S. The molecule has 4 heteroatoms.